The molecule has 0 aromatic heterocycles. The van der Waals surface area contributed by atoms with Gasteiger partial charge in [-0.05, 0) is 42.0 Å². The molecule has 3 nitrogen and oxygen atoms in total. The lowest BCUT2D eigenvalue weighted by Crippen LogP contribution is -2.39. The van der Waals surface area contributed by atoms with Crippen molar-refractivity contribution in [2.24, 2.45) is 0 Å². The third-order valence-corrected chi connectivity index (χ3v) is 5.17. The molecule has 1 unspecified atom stereocenters. The Labute approximate surface area is 139 Å². The Kier molecular flexibility index (Phi) is 4.86. The number of hydrogen-bond acceptors (Lipinski definition) is 3. The summed E-state index contributed by atoms with van der Waals surface area (Å²) in [5, 5.41) is 0.249. The van der Waals surface area contributed by atoms with Gasteiger partial charge >= 0.3 is 0 Å². The van der Waals surface area contributed by atoms with Gasteiger partial charge in [-0.2, -0.15) is 11.8 Å². The van der Waals surface area contributed by atoms with E-state index in [1.807, 2.05) is 40.9 Å². The highest BCUT2D eigenvalue weighted by Crippen LogP contribution is 2.34. The Morgan fingerprint density at radius 3 is 2.52 bits per heavy atom. The summed E-state index contributed by atoms with van der Waals surface area (Å²) in [4.78, 5) is 14.4. The predicted octanol–water partition coefficient (Wildman–Crippen LogP) is 3.76. The van der Waals surface area contributed by atoms with Crippen LogP contribution in [0.5, 0.6) is 5.75 Å². The molecule has 0 saturated carbocycles. The van der Waals surface area contributed by atoms with E-state index in [2.05, 4.69) is 0 Å². The van der Waals surface area contributed by atoms with Crippen molar-refractivity contribution in [2.75, 3.05) is 26.0 Å². The van der Waals surface area contributed by atoms with Gasteiger partial charge in [0.15, 0.2) is 0 Å². The summed E-state index contributed by atoms with van der Waals surface area (Å²) in [5.74, 6) is 1.35. The van der Waals surface area contributed by atoms with E-state index in [4.69, 9.17) is 4.74 Å². The molecular weight excluding hydrogens is 313 g/mol. The second kappa shape index (κ2) is 7.04. The third kappa shape index (κ3) is 3.67. The molecule has 1 aliphatic rings. The van der Waals surface area contributed by atoms with Crippen LogP contribution in [-0.4, -0.2) is 36.8 Å². The number of ether oxygens (including phenoxy) is 1. The molecule has 2 aromatic rings. The minimum Gasteiger partial charge on any atom is -0.497 e. The molecule has 120 valence electrons. The van der Waals surface area contributed by atoms with Crippen molar-refractivity contribution < 1.29 is 13.9 Å². The first-order chi connectivity index (χ1) is 11.2. The molecule has 0 spiro atoms. The fourth-order valence-corrected chi connectivity index (χ4v) is 3.87. The largest absolute Gasteiger partial charge is 0.497 e. The fraction of sp³-hybridized carbons (Fsp3) is 0.278. The summed E-state index contributed by atoms with van der Waals surface area (Å²) in [6.45, 7) is 1.38. The zero-order chi connectivity index (χ0) is 16.2. The van der Waals surface area contributed by atoms with E-state index in [9.17, 15) is 9.18 Å². The van der Waals surface area contributed by atoms with E-state index in [0.717, 1.165) is 11.5 Å². The van der Waals surface area contributed by atoms with Crippen LogP contribution in [0.3, 0.4) is 0 Å². The molecule has 1 amide bonds. The Morgan fingerprint density at radius 2 is 1.87 bits per heavy atom. The van der Waals surface area contributed by atoms with Crippen molar-refractivity contribution in [3.8, 4) is 5.75 Å². The first-order valence-electron chi connectivity index (χ1n) is 7.48. The average Bonchev–Trinajstić information content (AvgIpc) is 2.62. The lowest BCUT2D eigenvalue weighted by atomic mass is 10.1. The summed E-state index contributed by atoms with van der Waals surface area (Å²) in [6, 6.07) is 13.7. The van der Waals surface area contributed by atoms with Gasteiger partial charge in [0, 0.05) is 29.7 Å². The van der Waals surface area contributed by atoms with Crippen LogP contribution in [0.1, 0.15) is 21.2 Å². The van der Waals surface area contributed by atoms with Crippen molar-refractivity contribution in [3.05, 3.63) is 65.5 Å². The van der Waals surface area contributed by atoms with Crippen molar-refractivity contribution in [2.45, 2.75) is 5.25 Å². The van der Waals surface area contributed by atoms with Gasteiger partial charge in [-0.3, -0.25) is 4.79 Å². The highest BCUT2D eigenvalue weighted by Gasteiger charge is 2.26. The van der Waals surface area contributed by atoms with Crippen LogP contribution in [0.2, 0.25) is 0 Å². The van der Waals surface area contributed by atoms with Crippen LogP contribution in [0.4, 0.5) is 4.39 Å². The number of hydrogen-bond donors (Lipinski definition) is 0. The zero-order valence-electron chi connectivity index (χ0n) is 12.9. The quantitative estimate of drug-likeness (QED) is 0.857. The van der Waals surface area contributed by atoms with Crippen LogP contribution in [-0.2, 0) is 0 Å². The van der Waals surface area contributed by atoms with E-state index >= 15 is 0 Å². The summed E-state index contributed by atoms with van der Waals surface area (Å²) < 4.78 is 18.2. The van der Waals surface area contributed by atoms with Crippen LogP contribution < -0.4 is 4.74 Å². The van der Waals surface area contributed by atoms with Crippen LogP contribution >= 0.6 is 11.8 Å². The standard InChI is InChI=1S/C18H18FNO2S/c1-22-16-8-4-13(5-9-16)17-12-20(10-11-23-17)18(21)14-2-6-15(19)7-3-14/h2-9,17H,10-12H2,1H3. The SMILES string of the molecule is COc1ccc(C2CN(C(=O)c3ccc(F)cc3)CCS2)cc1. The van der Waals surface area contributed by atoms with Crippen molar-refractivity contribution in [1.82, 2.24) is 4.90 Å². The van der Waals surface area contributed by atoms with Crippen LogP contribution in [0.25, 0.3) is 0 Å². The number of rotatable bonds is 3. The zero-order valence-corrected chi connectivity index (χ0v) is 13.7. The van der Waals surface area contributed by atoms with E-state index < -0.39 is 0 Å². The maximum absolute atomic E-state index is 13.0. The third-order valence-electron chi connectivity index (χ3n) is 3.93. The highest BCUT2D eigenvalue weighted by atomic mass is 32.2. The first kappa shape index (κ1) is 15.9. The molecule has 1 fully saturated rings. The Morgan fingerprint density at radius 1 is 1.17 bits per heavy atom. The Hall–Kier alpha value is -2.01. The van der Waals surface area contributed by atoms with Crippen molar-refractivity contribution in [1.29, 1.82) is 0 Å². The van der Waals surface area contributed by atoms with Gasteiger partial charge in [-0.25, -0.2) is 4.39 Å². The molecule has 3 rings (SSSR count). The van der Waals surface area contributed by atoms with Gasteiger partial charge in [0.2, 0.25) is 0 Å². The predicted molar refractivity (Wildman–Crippen MR) is 90.5 cm³/mol. The molecule has 0 radical (unpaired) electrons. The smallest absolute Gasteiger partial charge is 0.253 e. The Bertz CT molecular complexity index is 672. The van der Waals surface area contributed by atoms with Gasteiger partial charge in [-0.15, -0.1) is 0 Å². The molecule has 23 heavy (non-hydrogen) atoms. The van der Waals surface area contributed by atoms with E-state index in [1.54, 1.807) is 19.2 Å². The molecule has 0 aliphatic carbocycles. The number of amides is 1. The van der Waals surface area contributed by atoms with Gasteiger partial charge < -0.3 is 9.64 Å². The molecule has 1 aliphatic heterocycles. The molecule has 5 heteroatoms. The second-order valence-corrected chi connectivity index (χ2v) is 6.70. The number of thioether (sulfide) groups is 1. The van der Waals surface area contributed by atoms with E-state index in [0.29, 0.717) is 18.7 Å². The topological polar surface area (TPSA) is 29.5 Å². The van der Waals surface area contributed by atoms with Crippen LogP contribution in [0.15, 0.2) is 48.5 Å². The number of carbonyl (C=O) groups excluding carboxylic acids is 1. The van der Waals surface area contributed by atoms with Gasteiger partial charge in [-0.1, -0.05) is 12.1 Å². The average molecular weight is 331 g/mol. The number of methoxy groups -OCH3 is 1. The lowest BCUT2D eigenvalue weighted by Gasteiger charge is -2.32. The summed E-state index contributed by atoms with van der Waals surface area (Å²) >= 11 is 1.85. The number of halogens is 1. The molecule has 1 saturated heterocycles. The monoisotopic (exact) mass is 331 g/mol. The lowest BCUT2D eigenvalue weighted by molar-refractivity contribution is 0.0761. The van der Waals surface area contributed by atoms with Crippen molar-refractivity contribution >= 4 is 17.7 Å². The van der Waals surface area contributed by atoms with Crippen LogP contribution in [0, 0.1) is 5.82 Å². The first-order valence-corrected chi connectivity index (χ1v) is 8.52. The minimum atomic E-state index is -0.327. The summed E-state index contributed by atoms with van der Waals surface area (Å²) in [6.07, 6.45) is 0. The number of carbonyl (C=O) groups is 1. The normalized spacial score (nSPS) is 17.8. The highest BCUT2D eigenvalue weighted by molar-refractivity contribution is 7.99. The van der Waals surface area contributed by atoms with Gasteiger partial charge in [0.1, 0.15) is 11.6 Å². The summed E-state index contributed by atoms with van der Waals surface area (Å²) in [7, 11) is 1.65. The number of nitrogens with zero attached hydrogens (tertiary/aromatic N) is 1. The summed E-state index contributed by atoms with van der Waals surface area (Å²) in [5.41, 5.74) is 1.72. The second-order valence-electron chi connectivity index (χ2n) is 5.39. The van der Waals surface area contributed by atoms with Crippen molar-refractivity contribution in [3.63, 3.8) is 0 Å². The molecule has 1 heterocycles. The molecule has 0 N–H and O–H groups in total. The maximum atomic E-state index is 13.0. The van der Waals surface area contributed by atoms with Gasteiger partial charge in [0.05, 0.1) is 7.11 Å². The molecule has 1 atom stereocenters. The Balaban J connectivity index is 1.72. The minimum absolute atomic E-state index is 0.0381. The van der Waals surface area contributed by atoms with E-state index in [1.165, 1.54) is 17.7 Å². The van der Waals surface area contributed by atoms with Gasteiger partial charge in [0.25, 0.3) is 5.91 Å². The molecule has 2 aromatic carbocycles. The molecular formula is C18H18FNO2S. The fourth-order valence-electron chi connectivity index (χ4n) is 2.63. The number of benzene rings is 2. The molecule has 0 bridgehead atoms. The maximum Gasteiger partial charge on any atom is 0.253 e. The van der Waals surface area contributed by atoms with E-state index in [-0.39, 0.29) is 17.0 Å².